The molecule has 0 aromatic rings. The fourth-order valence-corrected chi connectivity index (χ4v) is 0.766. The van der Waals surface area contributed by atoms with Gasteiger partial charge in [-0.2, -0.15) is 39.2 Å². The third-order valence-corrected chi connectivity index (χ3v) is 1.97. The number of hydrogen-bond acceptors (Lipinski definition) is 3. The van der Waals surface area contributed by atoms with Gasteiger partial charge < -0.3 is 4.74 Å². The largest absolute Gasteiger partial charge is 0.459 e. The summed E-state index contributed by atoms with van der Waals surface area (Å²) in [5.74, 6) is 0. The Kier molecular flexibility index (Phi) is 3.84. The third kappa shape index (κ3) is 3.45. The van der Waals surface area contributed by atoms with Crippen LogP contribution in [0, 0.1) is 0 Å². The zero-order valence-electron chi connectivity index (χ0n) is 6.93. The Morgan fingerprint density at radius 1 is 1.00 bits per heavy atom. The lowest BCUT2D eigenvalue weighted by Gasteiger charge is -2.23. The molecular weight excluding hydrogens is 277 g/mol. The zero-order chi connectivity index (χ0) is 13.4. The van der Waals surface area contributed by atoms with Gasteiger partial charge in [-0.15, -0.1) is 0 Å². The predicted molar refractivity (Wildman–Crippen MR) is 33.4 cm³/mol. The lowest BCUT2D eigenvalue weighted by molar-refractivity contribution is -0.344. The molecule has 0 aromatic heterocycles. The number of hydrogen-bond donors (Lipinski definition) is 1. The van der Waals surface area contributed by atoms with E-state index in [9.17, 15) is 39.2 Å². The molecule has 0 atom stereocenters. The summed E-state index contributed by atoms with van der Waals surface area (Å²) in [6, 6.07) is 0. The molecular formula is C4H3F7O4S. The van der Waals surface area contributed by atoms with Crippen LogP contribution in [0.2, 0.25) is 0 Å². The lowest BCUT2D eigenvalue weighted by atomic mass is 10.6. The minimum absolute atomic E-state index is 2.44. The van der Waals surface area contributed by atoms with Crippen LogP contribution in [-0.4, -0.2) is 37.1 Å². The van der Waals surface area contributed by atoms with Crippen LogP contribution >= 0.6 is 0 Å². The summed E-state index contributed by atoms with van der Waals surface area (Å²) < 4.78 is 113. The van der Waals surface area contributed by atoms with Crippen molar-refractivity contribution in [2.45, 2.75) is 17.5 Å². The van der Waals surface area contributed by atoms with Gasteiger partial charge in [0.15, 0.2) is 0 Å². The van der Waals surface area contributed by atoms with E-state index in [1.54, 1.807) is 0 Å². The van der Waals surface area contributed by atoms with Gasteiger partial charge in [0.1, 0.15) is 6.61 Å². The molecule has 12 heteroatoms. The highest BCUT2D eigenvalue weighted by Crippen LogP contribution is 2.39. The molecule has 0 amide bonds. The van der Waals surface area contributed by atoms with Crippen LogP contribution in [0.1, 0.15) is 0 Å². The summed E-state index contributed by atoms with van der Waals surface area (Å²) in [5, 5.41) is -6.18. The SMILES string of the molecule is O=S(=O)(O)C(F)(F)C(F)(F)OCC(F)(F)F. The van der Waals surface area contributed by atoms with Crippen molar-refractivity contribution in [2.75, 3.05) is 6.61 Å². The highest BCUT2D eigenvalue weighted by Gasteiger charge is 2.68. The van der Waals surface area contributed by atoms with E-state index >= 15 is 0 Å². The van der Waals surface area contributed by atoms with Crippen molar-refractivity contribution in [1.82, 2.24) is 0 Å². The Labute approximate surface area is 83.7 Å². The molecule has 0 fully saturated rings. The van der Waals surface area contributed by atoms with Crippen LogP contribution in [0.3, 0.4) is 0 Å². The lowest BCUT2D eigenvalue weighted by Crippen LogP contribution is -2.49. The summed E-state index contributed by atoms with van der Waals surface area (Å²) in [6.07, 6.45) is -11.4. The fourth-order valence-electron chi connectivity index (χ4n) is 0.407. The second kappa shape index (κ2) is 4.00. The summed E-state index contributed by atoms with van der Waals surface area (Å²) in [4.78, 5) is 0. The number of ether oxygens (including phenoxy) is 1. The van der Waals surface area contributed by atoms with E-state index in [0.29, 0.717) is 0 Å². The average Bonchev–Trinajstić information content (AvgIpc) is 1.97. The first kappa shape index (κ1) is 15.4. The molecule has 0 saturated heterocycles. The Morgan fingerprint density at radius 3 is 1.62 bits per heavy atom. The number of alkyl halides is 7. The van der Waals surface area contributed by atoms with E-state index in [0.717, 1.165) is 0 Å². The van der Waals surface area contributed by atoms with Crippen LogP contribution in [0.5, 0.6) is 0 Å². The third-order valence-electron chi connectivity index (χ3n) is 1.08. The summed E-state index contributed by atoms with van der Waals surface area (Å²) in [7, 11) is -6.60. The maximum atomic E-state index is 12.2. The van der Waals surface area contributed by atoms with Gasteiger partial charge in [-0.3, -0.25) is 4.55 Å². The molecule has 0 heterocycles. The first-order chi connectivity index (χ1) is 6.71. The minimum Gasteiger partial charge on any atom is -0.305 e. The second-order valence-corrected chi connectivity index (χ2v) is 3.88. The van der Waals surface area contributed by atoms with Gasteiger partial charge in [-0.1, -0.05) is 0 Å². The van der Waals surface area contributed by atoms with Crippen molar-refractivity contribution >= 4 is 10.1 Å². The quantitative estimate of drug-likeness (QED) is 0.628. The minimum atomic E-state index is -6.60. The molecule has 0 bridgehead atoms. The van der Waals surface area contributed by atoms with E-state index in [-0.39, 0.29) is 0 Å². The van der Waals surface area contributed by atoms with Gasteiger partial charge in [-0.05, 0) is 0 Å². The first-order valence-electron chi connectivity index (χ1n) is 3.14. The van der Waals surface area contributed by atoms with Crippen LogP contribution in [0.4, 0.5) is 30.7 Å². The maximum absolute atomic E-state index is 12.2. The van der Waals surface area contributed by atoms with Crippen molar-refractivity contribution in [3.8, 4) is 0 Å². The molecule has 0 rings (SSSR count). The molecule has 0 aliphatic heterocycles. The average molecular weight is 280 g/mol. The molecule has 0 aliphatic carbocycles. The van der Waals surface area contributed by atoms with E-state index in [4.69, 9.17) is 4.55 Å². The van der Waals surface area contributed by atoms with Gasteiger partial charge >= 0.3 is 27.7 Å². The Balaban J connectivity index is 4.94. The highest BCUT2D eigenvalue weighted by atomic mass is 32.2. The van der Waals surface area contributed by atoms with Gasteiger partial charge in [0, 0.05) is 0 Å². The molecule has 0 aliphatic rings. The van der Waals surface area contributed by atoms with Crippen molar-refractivity contribution < 1.29 is 48.4 Å². The molecule has 0 unspecified atom stereocenters. The molecule has 16 heavy (non-hydrogen) atoms. The molecule has 0 spiro atoms. The van der Waals surface area contributed by atoms with Crippen molar-refractivity contribution in [1.29, 1.82) is 0 Å². The number of halogens is 7. The normalized spacial score (nSPS) is 15.2. The molecule has 1 N–H and O–H groups in total. The van der Waals surface area contributed by atoms with Gasteiger partial charge in [0.25, 0.3) is 0 Å². The first-order valence-corrected chi connectivity index (χ1v) is 4.58. The summed E-state index contributed by atoms with van der Waals surface area (Å²) >= 11 is 0. The fraction of sp³-hybridized carbons (Fsp3) is 1.00. The predicted octanol–water partition coefficient (Wildman–Crippen LogP) is 1.64. The van der Waals surface area contributed by atoms with Gasteiger partial charge in [0.2, 0.25) is 0 Å². The maximum Gasteiger partial charge on any atom is 0.459 e. The van der Waals surface area contributed by atoms with E-state index in [1.165, 1.54) is 0 Å². The van der Waals surface area contributed by atoms with Crippen molar-refractivity contribution in [2.24, 2.45) is 0 Å². The molecule has 0 radical (unpaired) electrons. The van der Waals surface area contributed by atoms with Gasteiger partial charge in [0.05, 0.1) is 0 Å². The second-order valence-electron chi connectivity index (χ2n) is 2.41. The van der Waals surface area contributed by atoms with E-state index in [2.05, 4.69) is 4.74 Å². The Bertz CT molecular complexity index is 344. The van der Waals surface area contributed by atoms with Gasteiger partial charge in [-0.25, -0.2) is 0 Å². The topological polar surface area (TPSA) is 63.6 Å². The Morgan fingerprint density at radius 2 is 1.38 bits per heavy atom. The highest BCUT2D eigenvalue weighted by molar-refractivity contribution is 7.86. The van der Waals surface area contributed by atoms with Crippen LogP contribution in [0.15, 0.2) is 0 Å². The summed E-state index contributed by atoms with van der Waals surface area (Å²) in [6.45, 7) is -2.80. The summed E-state index contributed by atoms with van der Waals surface area (Å²) in [5.41, 5.74) is 0. The Hall–Kier alpha value is -0.620. The smallest absolute Gasteiger partial charge is 0.305 e. The molecule has 0 saturated carbocycles. The van der Waals surface area contributed by atoms with Crippen LogP contribution in [0.25, 0.3) is 0 Å². The standard InChI is InChI=1S/C4H3F7O4S/c5-2(6,7)1-15-3(8,9)4(10,11)16(12,13)14/h1H2,(H,12,13,14). The molecule has 4 nitrogen and oxygen atoms in total. The monoisotopic (exact) mass is 280 g/mol. The molecule has 98 valence electrons. The van der Waals surface area contributed by atoms with E-state index < -0.39 is 34.3 Å². The van der Waals surface area contributed by atoms with E-state index in [1.807, 2.05) is 0 Å². The van der Waals surface area contributed by atoms with Crippen molar-refractivity contribution in [3.05, 3.63) is 0 Å². The zero-order valence-corrected chi connectivity index (χ0v) is 7.75. The van der Waals surface area contributed by atoms with Crippen LogP contribution < -0.4 is 0 Å². The van der Waals surface area contributed by atoms with Crippen molar-refractivity contribution in [3.63, 3.8) is 0 Å². The number of rotatable bonds is 4. The van der Waals surface area contributed by atoms with Crippen LogP contribution in [-0.2, 0) is 14.9 Å². The molecule has 0 aromatic carbocycles.